The zero-order valence-corrected chi connectivity index (χ0v) is 6.86. The molecular formula is C6H7ClF2N2. The summed E-state index contributed by atoms with van der Waals surface area (Å²) in [6.07, 6.45) is -2.56. The highest BCUT2D eigenvalue weighted by molar-refractivity contribution is 6.31. The van der Waals surface area contributed by atoms with Crippen LogP contribution in [0.5, 0.6) is 0 Å². The topological polar surface area (TPSA) is 17.8 Å². The van der Waals surface area contributed by atoms with Crippen molar-refractivity contribution in [3.05, 3.63) is 16.4 Å². The van der Waals surface area contributed by atoms with Crippen LogP contribution in [0.15, 0.2) is 0 Å². The monoisotopic (exact) mass is 180 g/mol. The second-order valence-corrected chi connectivity index (χ2v) is 2.59. The second kappa shape index (κ2) is 2.77. The van der Waals surface area contributed by atoms with Crippen LogP contribution in [0.3, 0.4) is 0 Å². The Balaban J connectivity index is 3.22. The van der Waals surface area contributed by atoms with E-state index in [9.17, 15) is 8.78 Å². The molecule has 11 heavy (non-hydrogen) atoms. The lowest BCUT2D eigenvalue weighted by Gasteiger charge is -1.98. The number of hydrogen-bond donors (Lipinski definition) is 0. The molecule has 0 unspecified atom stereocenters. The largest absolute Gasteiger partial charge is 0.281 e. The summed E-state index contributed by atoms with van der Waals surface area (Å²) >= 11 is 5.55. The fraction of sp³-hybridized carbons (Fsp3) is 0.500. The predicted molar refractivity (Wildman–Crippen MR) is 37.9 cm³/mol. The molecule has 0 radical (unpaired) electrons. The van der Waals surface area contributed by atoms with Gasteiger partial charge in [0.2, 0.25) is 0 Å². The normalized spacial score (nSPS) is 11.1. The molecule has 0 amide bonds. The lowest BCUT2D eigenvalue weighted by molar-refractivity contribution is 0.141. The second-order valence-electron chi connectivity index (χ2n) is 2.21. The lowest BCUT2D eigenvalue weighted by atomic mass is 10.4. The molecule has 0 saturated carbocycles. The summed E-state index contributed by atoms with van der Waals surface area (Å²) < 4.78 is 25.4. The van der Waals surface area contributed by atoms with Crippen molar-refractivity contribution in [1.29, 1.82) is 0 Å². The van der Waals surface area contributed by atoms with Crippen LogP contribution < -0.4 is 0 Å². The standard InChI is InChI=1S/C6H7ClF2N2/c1-3-4(7)5(6(8)9)11(2)10-3/h6H,1-2H3. The van der Waals surface area contributed by atoms with E-state index in [1.54, 1.807) is 6.92 Å². The molecule has 1 heterocycles. The van der Waals surface area contributed by atoms with Crippen LogP contribution >= 0.6 is 11.6 Å². The maximum Gasteiger partial charge on any atom is 0.281 e. The van der Waals surface area contributed by atoms with Gasteiger partial charge in [0.25, 0.3) is 6.43 Å². The molecule has 2 nitrogen and oxygen atoms in total. The third kappa shape index (κ3) is 1.35. The van der Waals surface area contributed by atoms with Crippen LogP contribution in [0, 0.1) is 6.92 Å². The average molecular weight is 181 g/mol. The zero-order chi connectivity index (χ0) is 8.59. The van der Waals surface area contributed by atoms with E-state index in [1.165, 1.54) is 7.05 Å². The number of aryl methyl sites for hydroxylation is 2. The molecule has 0 bridgehead atoms. The van der Waals surface area contributed by atoms with Gasteiger partial charge in [0.1, 0.15) is 5.69 Å². The molecule has 62 valence electrons. The summed E-state index contributed by atoms with van der Waals surface area (Å²) in [6.45, 7) is 1.59. The molecule has 0 fully saturated rings. The average Bonchev–Trinajstić information content (AvgIpc) is 2.07. The molecule has 0 saturated heterocycles. The molecule has 0 aliphatic heterocycles. The van der Waals surface area contributed by atoms with Gasteiger partial charge in [-0.15, -0.1) is 0 Å². The summed E-state index contributed by atoms with van der Waals surface area (Å²) in [5.74, 6) is 0. The van der Waals surface area contributed by atoms with Crippen LogP contribution in [0.25, 0.3) is 0 Å². The molecule has 1 aromatic heterocycles. The lowest BCUT2D eigenvalue weighted by Crippen LogP contribution is -1.98. The van der Waals surface area contributed by atoms with Gasteiger partial charge in [0.15, 0.2) is 0 Å². The van der Waals surface area contributed by atoms with Gasteiger partial charge in [0.05, 0.1) is 10.7 Å². The van der Waals surface area contributed by atoms with Crippen molar-refractivity contribution in [2.45, 2.75) is 13.3 Å². The van der Waals surface area contributed by atoms with E-state index >= 15 is 0 Å². The van der Waals surface area contributed by atoms with E-state index in [0.29, 0.717) is 5.69 Å². The van der Waals surface area contributed by atoms with Crippen molar-refractivity contribution in [1.82, 2.24) is 9.78 Å². The van der Waals surface area contributed by atoms with Gasteiger partial charge >= 0.3 is 0 Å². The zero-order valence-electron chi connectivity index (χ0n) is 6.11. The van der Waals surface area contributed by atoms with Gasteiger partial charge in [-0.1, -0.05) is 11.6 Å². The third-order valence-electron chi connectivity index (χ3n) is 1.40. The summed E-state index contributed by atoms with van der Waals surface area (Å²) in [6, 6.07) is 0. The number of alkyl halides is 2. The van der Waals surface area contributed by atoms with E-state index in [4.69, 9.17) is 11.6 Å². The highest BCUT2D eigenvalue weighted by Gasteiger charge is 2.19. The van der Waals surface area contributed by atoms with Crippen LogP contribution in [0.2, 0.25) is 5.02 Å². The van der Waals surface area contributed by atoms with Crippen LogP contribution in [-0.2, 0) is 7.05 Å². The van der Waals surface area contributed by atoms with Crippen LogP contribution in [0.4, 0.5) is 8.78 Å². The maximum atomic E-state index is 12.2. The van der Waals surface area contributed by atoms with Crippen molar-refractivity contribution in [3.8, 4) is 0 Å². The number of rotatable bonds is 1. The molecule has 0 spiro atoms. The first kappa shape index (κ1) is 8.46. The maximum absolute atomic E-state index is 12.2. The first-order valence-electron chi connectivity index (χ1n) is 3.01. The Labute approximate surface area is 67.8 Å². The van der Waals surface area contributed by atoms with Crippen molar-refractivity contribution in [3.63, 3.8) is 0 Å². The Hall–Kier alpha value is -0.640. The fourth-order valence-electron chi connectivity index (χ4n) is 0.887. The van der Waals surface area contributed by atoms with Crippen LogP contribution in [-0.4, -0.2) is 9.78 Å². The van der Waals surface area contributed by atoms with E-state index in [-0.39, 0.29) is 10.7 Å². The molecule has 1 rings (SSSR count). The van der Waals surface area contributed by atoms with Gasteiger partial charge in [-0.25, -0.2) is 8.78 Å². The van der Waals surface area contributed by atoms with E-state index in [0.717, 1.165) is 4.68 Å². The SMILES string of the molecule is Cc1nn(C)c(C(F)F)c1Cl. The number of aromatic nitrogens is 2. The minimum Gasteiger partial charge on any atom is -0.265 e. The minimum absolute atomic E-state index is 0.0579. The minimum atomic E-state index is -2.56. The quantitative estimate of drug-likeness (QED) is 0.649. The number of hydrogen-bond acceptors (Lipinski definition) is 1. The third-order valence-corrected chi connectivity index (χ3v) is 1.86. The Bertz CT molecular complexity index is 270. The smallest absolute Gasteiger partial charge is 0.265 e. The summed E-state index contributed by atoms with van der Waals surface area (Å²) in [5.41, 5.74) is 0.216. The Morgan fingerprint density at radius 1 is 1.55 bits per heavy atom. The first-order valence-corrected chi connectivity index (χ1v) is 3.39. The van der Waals surface area contributed by atoms with Crippen molar-refractivity contribution >= 4 is 11.6 Å². The molecule has 0 atom stereocenters. The van der Waals surface area contributed by atoms with Gasteiger partial charge in [-0.3, -0.25) is 4.68 Å². The van der Waals surface area contributed by atoms with Gasteiger partial charge < -0.3 is 0 Å². The van der Waals surface area contributed by atoms with E-state index in [2.05, 4.69) is 5.10 Å². The predicted octanol–water partition coefficient (Wildman–Crippen LogP) is 2.32. The van der Waals surface area contributed by atoms with E-state index < -0.39 is 6.43 Å². The Morgan fingerprint density at radius 2 is 2.09 bits per heavy atom. The van der Waals surface area contributed by atoms with E-state index in [1.807, 2.05) is 0 Å². The molecule has 0 aliphatic carbocycles. The van der Waals surface area contributed by atoms with Gasteiger partial charge in [-0.2, -0.15) is 5.10 Å². The molecule has 0 aromatic carbocycles. The van der Waals surface area contributed by atoms with Gasteiger partial charge in [-0.05, 0) is 6.92 Å². The van der Waals surface area contributed by atoms with Crippen molar-refractivity contribution in [2.24, 2.45) is 7.05 Å². The van der Waals surface area contributed by atoms with Crippen LogP contribution in [0.1, 0.15) is 17.8 Å². The molecule has 5 heteroatoms. The fourth-order valence-corrected chi connectivity index (χ4v) is 1.13. The number of nitrogens with zero attached hydrogens (tertiary/aromatic N) is 2. The highest BCUT2D eigenvalue weighted by Crippen LogP contribution is 2.28. The van der Waals surface area contributed by atoms with Crippen molar-refractivity contribution in [2.75, 3.05) is 0 Å². The molecule has 0 N–H and O–H groups in total. The highest BCUT2D eigenvalue weighted by atomic mass is 35.5. The van der Waals surface area contributed by atoms with Gasteiger partial charge in [0, 0.05) is 7.05 Å². The summed E-state index contributed by atoms with van der Waals surface area (Å²) in [5, 5.41) is 3.79. The number of halogens is 3. The van der Waals surface area contributed by atoms with Crippen molar-refractivity contribution < 1.29 is 8.78 Å². The summed E-state index contributed by atoms with van der Waals surface area (Å²) in [7, 11) is 1.44. The molecular weight excluding hydrogens is 174 g/mol. The summed E-state index contributed by atoms with van der Waals surface area (Å²) in [4.78, 5) is 0. The Morgan fingerprint density at radius 3 is 2.27 bits per heavy atom. The molecule has 0 aliphatic rings. The molecule has 1 aromatic rings. The Kier molecular flexibility index (Phi) is 2.13. The first-order chi connectivity index (χ1) is 5.04.